The molecule has 2 amide bonds. The van der Waals surface area contributed by atoms with Crippen molar-refractivity contribution in [3.8, 4) is 0 Å². The molecule has 0 heterocycles. The molecule has 0 rings (SSSR count). The van der Waals surface area contributed by atoms with E-state index in [1.807, 2.05) is 20.8 Å². The number of hydrogen-bond acceptors (Lipinski definition) is 18. The molecule has 0 aromatic heterocycles. The molecule has 0 radical (unpaired) electrons. The van der Waals surface area contributed by atoms with E-state index in [1.165, 1.54) is 0 Å². The lowest BCUT2D eigenvalue weighted by atomic mass is 10.2. The zero-order valence-corrected chi connectivity index (χ0v) is 35.0. The highest BCUT2D eigenvalue weighted by atomic mass is 16.6. The van der Waals surface area contributed by atoms with E-state index in [9.17, 15) is 14.4 Å². The summed E-state index contributed by atoms with van der Waals surface area (Å²) in [6.45, 7) is 16.9. The molecular weight excluding hydrogens is 776 g/mol. The Kier molecular flexibility index (Phi) is 42.4. The standard InChI is InChI=1S/C37H72N2O19/c1-37(2,3)58-36(43)39-5-7-45-9-11-47-13-15-49-17-19-51-21-23-53-25-27-55-29-31-56-30-28-54-26-24-52-22-20-50-18-16-48-14-12-46-10-8-44-6-4-38-34(40)32-57-33-35(41)42/h4-33H2,1-3H3,(H,38,40)(H,39,43)(H,41,42). The van der Waals surface area contributed by atoms with Crippen molar-refractivity contribution in [2.24, 2.45) is 0 Å². The summed E-state index contributed by atoms with van der Waals surface area (Å²) in [5.41, 5.74) is -0.521. The van der Waals surface area contributed by atoms with E-state index in [0.717, 1.165) is 0 Å². The summed E-state index contributed by atoms with van der Waals surface area (Å²) in [7, 11) is 0. The second kappa shape index (κ2) is 44.2. The molecule has 0 atom stereocenters. The van der Waals surface area contributed by atoms with E-state index in [1.54, 1.807) is 0 Å². The lowest BCUT2D eigenvalue weighted by Gasteiger charge is -2.19. The molecule has 344 valence electrons. The highest BCUT2D eigenvalue weighted by Crippen LogP contribution is 2.06. The molecule has 58 heavy (non-hydrogen) atoms. The van der Waals surface area contributed by atoms with Crippen LogP contribution in [0.15, 0.2) is 0 Å². The number of rotatable bonds is 46. The van der Waals surface area contributed by atoms with Crippen LogP contribution in [-0.2, 0) is 80.6 Å². The second-order valence-electron chi connectivity index (χ2n) is 12.6. The molecule has 3 N–H and O–H groups in total. The van der Waals surface area contributed by atoms with E-state index in [-0.39, 0.29) is 6.61 Å². The first-order valence-electron chi connectivity index (χ1n) is 19.7. The largest absolute Gasteiger partial charge is 0.480 e. The predicted octanol–water partition coefficient (Wildman–Crippen LogP) is -0.0557. The van der Waals surface area contributed by atoms with Gasteiger partial charge in [0.1, 0.15) is 18.8 Å². The Bertz CT molecular complexity index is 916. The molecule has 0 bridgehead atoms. The maximum absolute atomic E-state index is 11.5. The molecule has 21 nitrogen and oxygen atoms in total. The van der Waals surface area contributed by atoms with E-state index < -0.39 is 30.2 Å². The molecule has 0 aromatic carbocycles. The van der Waals surface area contributed by atoms with Crippen LogP contribution in [0.5, 0.6) is 0 Å². The molecule has 21 heteroatoms. The molecule has 0 aliphatic rings. The van der Waals surface area contributed by atoms with Gasteiger partial charge in [-0.15, -0.1) is 0 Å². The molecule has 0 aliphatic carbocycles. The van der Waals surface area contributed by atoms with Crippen LogP contribution in [0, 0.1) is 0 Å². The number of carbonyl (C=O) groups is 3. The molecule has 0 saturated carbocycles. The Hall–Kier alpha value is -2.35. The fourth-order valence-corrected chi connectivity index (χ4v) is 3.83. The number of nitrogens with one attached hydrogen (secondary N) is 2. The second-order valence-corrected chi connectivity index (χ2v) is 12.6. The van der Waals surface area contributed by atoms with Crippen molar-refractivity contribution in [1.82, 2.24) is 10.6 Å². The van der Waals surface area contributed by atoms with Crippen LogP contribution in [0.25, 0.3) is 0 Å². The molecule has 0 saturated heterocycles. The summed E-state index contributed by atoms with van der Waals surface area (Å²) in [6, 6.07) is 0. The minimum Gasteiger partial charge on any atom is -0.480 e. The fourth-order valence-electron chi connectivity index (χ4n) is 3.83. The van der Waals surface area contributed by atoms with Crippen LogP contribution in [0.2, 0.25) is 0 Å². The van der Waals surface area contributed by atoms with Crippen molar-refractivity contribution in [1.29, 1.82) is 0 Å². The van der Waals surface area contributed by atoms with Crippen molar-refractivity contribution in [3.05, 3.63) is 0 Å². The van der Waals surface area contributed by atoms with Gasteiger partial charge in [0.2, 0.25) is 5.91 Å². The summed E-state index contributed by atoms with van der Waals surface area (Å²) >= 11 is 0. The summed E-state index contributed by atoms with van der Waals surface area (Å²) in [5, 5.41) is 13.6. The van der Waals surface area contributed by atoms with E-state index >= 15 is 0 Å². The Morgan fingerprint density at radius 3 is 0.845 bits per heavy atom. The first-order valence-corrected chi connectivity index (χ1v) is 19.7. The Labute approximate surface area is 343 Å². The molecule has 0 spiro atoms. The van der Waals surface area contributed by atoms with Gasteiger partial charge in [0.25, 0.3) is 0 Å². The fraction of sp³-hybridized carbons (Fsp3) is 0.919. The van der Waals surface area contributed by atoms with E-state index in [0.29, 0.717) is 185 Å². The number of alkyl carbamates (subject to hydrolysis) is 1. The minimum absolute atomic E-state index is 0.294. The Morgan fingerprint density at radius 1 is 0.362 bits per heavy atom. The molecular formula is C37H72N2O19. The number of hydrogen-bond donors (Lipinski definition) is 3. The van der Waals surface area contributed by atoms with Crippen molar-refractivity contribution >= 4 is 18.0 Å². The van der Waals surface area contributed by atoms with Crippen LogP contribution in [0.3, 0.4) is 0 Å². The number of carboxylic acid groups (broad SMARTS) is 1. The van der Waals surface area contributed by atoms with Gasteiger partial charge >= 0.3 is 12.1 Å². The number of carboxylic acids is 1. The summed E-state index contributed by atoms with van der Waals surface area (Å²) in [5.74, 6) is -1.53. The zero-order chi connectivity index (χ0) is 42.5. The third kappa shape index (κ3) is 49.8. The van der Waals surface area contributed by atoms with Gasteiger partial charge in [-0.2, -0.15) is 0 Å². The maximum atomic E-state index is 11.5. The van der Waals surface area contributed by atoms with Crippen molar-refractivity contribution in [3.63, 3.8) is 0 Å². The van der Waals surface area contributed by atoms with E-state index in [4.69, 9.17) is 71.4 Å². The average molecular weight is 849 g/mol. The molecule has 0 aromatic rings. The molecule has 0 unspecified atom stereocenters. The first-order chi connectivity index (χ1) is 28.2. The van der Waals surface area contributed by atoms with E-state index in [2.05, 4.69) is 15.4 Å². The van der Waals surface area contributed by atoms with Gasteiger partial charge in [-0.3, -0.25) is 4.79 Å². The number of amides is 2. The van der Waals surface area contributed by atoms with Crippen LogP contribution in [-0.4, -0.2) is 227 Å². The maximum Gasteiger partial charge on any atom is 0.407 e. The normalized spacial score (nSPS) is 11.6. The number of aliphatic carboxylic acids is 1. The van der Waals surface area contributed by atoms with Gasteiger partial charge in [-0.1, -0.05) is 0 Å². The Morgan fingerprint density at radius 2 is 0.603 bits per heavy atom. The monoisotopic (exact) mass is 848 g/mol. The quantitative estimate of drug-likeness (QED) is 0.0681. The van der Waals surface area contributed by atoms with Crippen LogP contribution < -0.4 is 10.6 Å². The zero-order valence-electron chi connectivity index (χ0n) is 35.0. The first kappa shape index (κ1) is 55.7. The summed E-state index contributed by atoms with van der Waals surface area (Å²) in [4.78, 5) is 33.2. The highest BCUT2D eigenvalue weighted by Gasteiger charge is 2.15. The summed E-state index contributed by atoms with van der Waals surface area (Å²) < 4.78 is 80.6. The minimum atomic E-state index is -1.13. The van der Waals surface area contributed by atoms with Crippen molar-refractivity contribution < 1.29 is 90.5 Å². The Balaban J connectivity index is 3.12. The third-order valence-electron chi connectivity index (χ3n) is 6.41. The molecule has 0 fully saturated rings. The van der Waals surface area contributed by atoms with Gasteiger partial charge < -0.3 is 86.8 Å². The lowest BCUT2D eigenvalue weighted by Crippen LogP contribution is -2.34. The SMILES string of the molecule is CC(C)(C)OC(=O)NCCOCCOCCOCCOCCOCCOCCOCCOCCOCCOCCOCCOCCOCCNC(=O)COCC(=O)O. The lowest BCUT2D eigenvalue weighted by molar-refractivity contribution is -0.143. The van der Waals surface area contributed by atoms with Crippen molar-refractivity contribution in [2.45, 2.75) is 26.4 Å². The van der Waals surface area contributed by atoms with Gasteiger partial charge in [0, 0.05) is 13.1 Å². The number of ether oxygens (including phenoxy) is 15. The predicted molar refractivity (Wildman–Crippen MR) is 206 cm³/mol. The topological polar surface area (TPSA) is 234 Å². The van der Waals surface area contributed by atoms with Crippen molar-refractivity contribution in [2.75, 3.05) is 198 Å². The van der Waals surface area contributed by atoms with Crippen LogP contribution in [0.1, 0.15) is 20.8 Å². The highest BCUT2D eigenvalue weighted by molar-refractivity contribution is 5.77. The average Bonchev–Trinajstić information content (AvgIpc) is 3.17. The summed E-state index contributed by atoms with van der Waals surface area (Å²) in [6.07, 6.45) is -0.460. The number of carbonyl (C=O) groups excluding carboxylic acids is 2. The third-order valence-corrected chi connectivity index (χ3v) is 6.41. The van der Waals surface area contributed by atoms with Gasteiger partial charge in [-0.25, -0.2) is 9.59 Å². The smallest absolute Gasteiger partial charge is 0.407 e. The van der Waals surface area contributed by atoms with Gasteiger partial charge in [-0.05, 0) is 20.8 Å². The van der Waals surface area contributed by atoms with Gasteiger partial charge in [0.15, 0.2) is 0 Å². The van der Waals surface area contributed by atoms with Crippen LogP contribution in [0.4, 0.5) is 4.79 Å². The van der Waals surface area contributed by atoms with Crippen LogP contribution >= 0.6 is 0 Å². The molecule has 0 aliphatic heterocycles. The van der Waals surface area contributed by atoms with Gasteiger partial charge in [0.05, 0.1) is 172 Å².